The van der Waals surface area contributed by atoms with Crippen LogP contribution in [0.25, 0.3) is 0 Å². The number of hydrogen-bond donors (Lipinski definition) is 4. The van der Waals surface area contributed by atoms with Gasteiger partial charge in [0.2, 0.25) is 0 Å². The molecule has 5 N–H and O–H groups in total. The zero-order valence-corrected chi connectivity index (χ0v) is 9.18. The van der Waals surface area contributed by atoms with Crippen LogP contribution in [-0.4, -0.2) is 34.4 Å². The molecule has 2 unspecified atom stereocenters. The van der Waals surface area contributed by atoms with Gasteiger partial charge in [-0.15, -0.1) is 0 Å². The highest BCUT2D eigenvalue weighted by atomic mass is 16.4. The average Bonchev–Trinajstić information content (AvgIpc) is 2.08. The van der Waals surface area contributed by atoms with E-state index in [0.717, 1.165) is 32.1 Å². The van der Waals surface area contributed by atoms with Crippen LogP contribution in [0.2, 0.25) is 6.32 Å². The van der Waals surface area contributed by atoms with E-state index in [0.29, 0.717) is 12.2 Å². The molecule has 0 aromatic heterocycles. The van der Waals surface area contributed by atoms with Crippen molar-refractivity contribution >= 4 is 7.12 Å². The maximum absolute atomic E-state index is 9.82. The molecule has 1 saturated carbocycles. The summed E-state index contributed by atoms with van der Waals surface area (Å²) in [5, 5.41) is 27.1. The molecule has 5 heteroatoms. The number of rotatable bonds is 7. The molecule has 0 amide bonds. The summed E-state index contributed by atoms with van der Waals surface area (Å²) in [5.74, 6) is 0.406. The van der Waals surface area contributed by atoms with Gasteiger partial charge in [-0.05, 0) is 31.5 Å². The molecule has 0 heterocycles. The number of aliphatic hydroxyl groups excluding tert-OH is 1. The van der Waals surface area contributed by atoms with Gasteiger partial charge in [0.15, 0.2) is 0 Å². The van der Waals surface area contributed by atoms with E-state index in [9.17, 15) is 5.11 Å². The van der Waals surface area contributed by atoms with Crippen molar-refractivity contribution in [2.24, 2.45) is 11.7 Å². The molecule has 88 valence electrons. The summed E-state index contributed by atoms with van der Waals surface area (Å²) in [6, 6.07) is -0.147. The van der Waals surface area contributed by atoms with Crippen LogP contribution in [0, 0.1) is 5.92 Å². The summed E-state index contributed by atoms with van der Waals surface area (Å²) in [5.41, 5.74) is 5.87. The average molecular weight is 215 g/mol. The van der Waals surface area contributed by atoms with E-state index in [-0.39, 0.29) is 12.1 Å². The highest BCUT2D eigenvalue weighted by Crippen LogP contribution is 2.31. The maximum atomic E-state index is 9.82. The summed E-state index contributed by atoms with van der Waals surface area (Å²) >= 11 is 0. The topological polar surface area (TPSA) is 86.7 Å². The van der Waals surface area contributed by atoms with E-state index < -0.39 is 7.12 Å². The Balaban J connectivity index is 2.04. The summed E-state index contributed by atoms with van der Waals surface area (Å²) in [7, 11) is -1.21. The van der Waals surface area contributed by atoms with Crippen LogP contribution in [-0.2, 0) is 0 Å². The van der Waals surface area contributed by atoms with Gasteiger partial charge < -0.3 is 20.9 Å². The smallest absolute Gasteiger partial charge is 0.427 e. The van der Waals surface area contributed by atoms with Crippen molar-refractivity contribution in [3.05, 3.63) is 0 Å². The zero-order chi connectivity index (χ0) is 11.3. The fourth-order valence-corrected chi connectivity index (χ4v) is 2.01. The van der Waals surface area contributed by atoms with Gasteiger partial charge in [0.25, 0.3) is 0 Å². The number of hydrogen-bond acceptors (Lipinski definition) is 4. The highest BCUT2D eigenvalue weighted by Gasteiger charge is 2.29. The molecule has 0 aromatic carbocycles. The second kappa shape index (κ2) is 6.48. The van der Waals surface area contributed by atoms with Crippen LogP contribution in [0.3, 0.4) is 0 Å². The molecule has 1 rings (SSSR count). The Morgan fingerprint density at radius 2 is 1.93 bits per heavy atom. The van der Waals surface area contributed by atoms with Crippen molar-refractivity contribution in [3.8, 4) is 0 Å². The van der Waals surface area contributed by atoms with E-state index in [2.05, 4.69) is 0 Å². The Kier molecular flexibility index (Phi) is 5.60. The molecule has 0 bridgehead atoms. The molecule has 0 saturated heterocycles. The molecule has 0 spiro atoms. The van der Waals surface area contributed by atoms with Crippen molar-refractivity contribution < 1.29 is 15.2 Å². The highest BCUT2D eigenvalue weighted by molar-refractivity contribution is 6.40. The third-order valence-electron chi connectivity index (χ3n) is 3.32. The first-order valence-electron chi connectivity index (χ1n) is 5.91. The first-order chi connectivity index (χ1) is 7.11. The van der Waals surface area contributed by atoms with E-state index in [1.807, 2.05) is 0 Å². The molecule has 15 heavy (non-hydrogen) atoms. The largest absolute Gasteiger partial charge is 0.451 e. The summed E-state index contributed by atoms with van der Waals surface area (Å²) in [4.78, 5) is 0. The molecule has 4 nitrogen and oxygen atoms in total. The van der Waals surface area contributed by atoms with Crippen LogP contribution >= 0.6 is 0 Å². The standard InChI is InChI=1S/C10H22BNO3/c12-9(6-1-2-7-11(14)15)10(13)8-4-3-5-8/h8-10,13-15H,1-7,12H2. The summed E-state index contributed by atoms with van der Waals surface area (Å²) in [6.07, 6.45) is 5.82. The maximum Gasteiger partial charge on any atom is 0.451 e. The quantitative estimate of drug-likeness (QED) is 0.359. The zero-order valence-electron chi connectivity index (χ0n) is 9.18. The normalized spacial score (nSPS) is 20.8. The van der Waals surface area contributed by atoms with Gasteiger partial charge in [0.1, 0.15) is 0 Å². The molecular formula is C10H22BNO3. The Hall–Kier alpha value is -0.0951. The second-order valence-corrected chi connectivity index (χ2v) is 4.61. The fourth-order valence-electron chi connectivity index (χ4n) is 2.01. The van der Waals surface area contributed by atoms with E-state index in [1.54, 1.807) is 0 Å². The van der Waals surface area contributed by atoms with Gasteiger partial charge in [-0.3, -0.25) is 0 Å². The van der Waals surface area contributed by atoms with Gasteiger partial charge in [0, 0.05) is 6.04 Å². The van der Waals surface area contributed by atoms with Gasteiger partial charge >= 0.3 is 7.12 Å². The fraction of sp³-hybridized carbons (Fsp3) is 1.00. The molecule has 1 aliphatic carbocycles. The second-order valence-electron chi connectivity index (χ2n) is 4.61. The molecule has 0 radical (unpaired) electrons. The lowest BCUT2D eigenvalue weighted by Crippen LogP contribution is -2.42. The lowest BCUT2D eigenvalue weighted by atomic mass is 9.77. The van der Waals surface area contributed by atoms with Gasteiger partial charge in [-0.1, -0.05) is 19.3 Å². The third kappa shape index (κ3) is 4.51. The summed E-state index contributed by atoms with van der Waals surface area (Å²) in [6.45, 7) is 0. The first-order valence-corrected chi connectivity index (χ1v) is 5.91. The number of unbranched alkanes of at least 4 members (excludes halogenated alkanes) is 1. The summed E-state index contributed by atoms with van der Waals surface area (Å²) < 4.78 is 0. The van der Waals surface area contributed by atoms with Gasteiger partial charge in [0.05, 0.1) is 6.10 Å². The molecule has 1 fully saturated rings. The Bertz CT molecular complexity index is 176. The molecule has 0 aromatic rings. The predicted octanol–water partition coefficient (Wildman–Crippen LogP) is 0.118. The van der Waals surface area contributed by atoms with Crippen molar-refractivity contribution in [1.29, 1.82) is 0 Å². The van der Waals surface area contributed by atoms with Crippen LogP contribution in [0.4, 0.5) is 0 Å². The van der Waals surface area contributed by atoms with Crippen molar-refractivity contribution in [2.45, 2.75) is 57.0 Å². The molecule has 2 atom stereocenters. The molecular weight excluding hydrogens is 193 g/mol. The first kappa shape index (κ1) is 13.0. The van der Waals surface area contributed by atoms with E-state index in [4.69, 9.17) is 15.8 Å². The van der Waals surface area contributed by atoms with Gasteiger partial charge in [-0.2, -0.15) is 0 Å². The van der Waals surface area contributed by atoms with Crippen LogP contribution < -0.4 is 5.73 Å². The minimum absolute atomic E-state index is 0.147. The van der Waals surface area contributed by atoms with Crippen LogP contribution in [0.15, 0.2) is 0 Å². The SMILES string of the molecule is NC(CCCCB(O)O)C(O)C1CCC1. The van der Waals surface area contributed by atoms with Crippen molar-refractivity contribution in [3.63, 3.8) is 0 Å². The number of aliphatic hydroxyl groups is 1. The Labute approximate surface area is 91.6 Å². The van der Waals surface area contributed by atoms with Gasteiger partial charge in [-0.25, -0.2) is 0 Å². The third-order valence-corrected chi connectivity index (χ3v) is 3.32. The van der Waals surface area contributed by atoms with Crippen molar-refractivity contribution in [2.75, 3.05) is 0 Å². The predicted molar refractivity (Wildman–Crippen MR) is 60.2 cm³/mol. The van der Waals surface area contributed by atoms with Crippen LogP contribution in [0.1, 0.15) is 38.5 Å². The lowest BCUT2D eigenvalue weighted by molar-refractivity contribution is 0.0390. The number of nitrogens with two attached hydrogens (primary N) is 1. The van der Waals surface area contributed by atoms with E-state index in [1.165, 1.54) is 6.42 Å². The molecule has 0 aliphatic heterocycles. The minimum Gasteiger partial charge on any atom is -0.427 e. The Morgan fingerprint density at radius 3 is 2.40 bits per heavy atom. The minimum atomic E-state index is -1.21. The van der Waals surface area contributed by atoms with Crippen molar-refractivity contribution in [1.82, 2.24) is 0 Å². The molecule has 1 aliphatic rings. The Morgan fingerprint density at radius 1 is 1.27 bits per heavy atom. The van der Waals surface area contributed by atoms with Crippen LogP contribution in [0.5, 0.6) is 0 Å². The van der Waals surface area contributed by atoms with E-state index >= 15 is 0 Å². The monoisotopic (exact) mass is 215 g/mol. The lowest BCUT2D eigenvalue weighted by Gasteiger charge is -2.33.